The van der Waals surface area contributed by atoms with E-state index in [1.165, 1.54) is 7.11 Å². The summed E-state index contributed by atoms with van der Waals surface area (Å²) in [4.78, 5) is 12.1. The standard InChI is InChI=1S/C14H20ClNO3/c1-9(2)6-11(8-17)16-14(18)12-5-4-10(15)7-13(12)19-3/h4-5,7,9,11,17H,6,8H2,1-3H3,(H,16,18). The molecule has 0 saturated heterocycles. The third kappa shape index (κ3) is 4.73. The van der Waals surface area contributed by atoms with Gasteiger partial charge in [-0.15, -0.1) is 0 Å². The minimum absolute atomic E-state index is 0.0835. The molecular formula is C14H20ClNO3. The zero-order valence-electron chi connectivity index (χ0n) is 11.4. The Morgan fingerprint density at radius 1 is 1.47 bits per heavy atom. The summed E-state index contributed by atoms with van der Waals surface area (Å²) in [5.74, 6) is 0.545. The number of methoxy groups -OCH3 is 1. The molecular weight excluding hydrogens is 266 g/mol. The Balaban J connectivity index is 2.82. The summed E-state index contributed by atoms with van der Waals surface area (Å²) >= 11 is 5.85. The number of amides is 1. The van der Waals surface area contributed by atoms with E-state index in [0.717, 1.165) is 6.42 Å². The molecule has 106 valence electrons. The molecule has 1 atom stereocenters. The third-order valence-corrected chi connectivity index (χ3v) is 2.95. The van der Waals surface area contributed by atoms with Gasteiger partial charge in [0, 0.05) is 5.02 Å². The number of aliphatic hydroxyl groups is 1. The van der Waals surface area contributed by atoms with Crippen molar-refractivity contribution in [2.75, 3.05) is 13.7 Å². The van der Waals surface area contributed by atoms with Crippen LogP contribution in [0.3, 0.4) is 0 Å². The first-order valence-corrected chi connectivity index (χ1v) is 6.61. The molecule has 0 aliphatic heterocycles. The van der Waals surface area contributed by atoms with Crippen molar-refractivity contribution in [3.8, 4) is 5.75 Å². The van der Waals surface area contributed by atoms with Crippen LogP contribution in [0.2, 0.25) is 5.02 Å². The number of carbonyl (C=O) groups is 1. The van der Waals surface area contributed by atoms with Gasteiger partial charge in [-0.1, -0.05) is 25.4 Å². The Kier molecular flexibility index (Phi) is 6.12. The van der Waals surface area contributed by atoms with E-state index in [9.17, 15) is 9.90 Å². The molecule has 0 saturated carbocycles. The average Bonchev–Trinajstić information content (AvgIpc) is 2.36. The number of benzene rings is 1. The van der Waals surface area contributed by atoms with Gasteiger partial charge >= 0.3 is 0 Å². The van der Waals surface area contributed by atoms with Crippen LogP contribution in [0, 0.1) is 5.92 Å². The topological polar surface area (TPSA) is 58.6 Å². The monoisotopic (exact) mass is 285 g/mol. The lowest BCUT2D eigenvalue weighted by atomic mass is 10.0. The molecule has 1 rings (SSSR count). The Labute approximate surface area is 118 Å². The van der Waals surface area contributed by atoms with Crippen molar-refractivity contribution in [3.63, 3.8) is 0 Å². The lowest BCUT2D eigenvalue weighted by Crippen LogP contribution is -2.38. The third-order valence-electron chi connectivity index (χ3n) is 2.72. The van der Waals surface area contributed by atoms with Crippen LogP contribution in [0.4, 0.5) is 0 Å². The quantitative estimate of drug-likeness (QED) is 0.844. The van der Waals surface area contributed by atoms with E-state index >= 15 is 0 Å². The highest BCUT2D eigenvalue weighted by molar-refractivity contribution is 6.30. The van der Waals surface area contributed by atoms with E-state index < -0.39 is 0 Å². The Hall–Kier alpha value is -1.26. The molecule has 0 aliphatic carbocycles. The minimum Gasteiger partial charge on any atom is -0.496 e. The van der Waals surface area contributed by atoms with Crippen molar-refractivity contribution < 1.29 is 14.6 Å². The molecule has 0 bridgehead atoms. The number of halogens is 1. The van der Waals surface area contributed by atoms with Crippen LogP contribution < -0.4 is 10.1 Å². The van der Waals surface area contributed by atoms with Gasteiger partial charge in [0.2, 0.25) is 0 Å². The number of aliphatic hydroxyl groups excluding tert-OH is 1. The highest BCUT2D eigenvalue weighted by Gasteiger charge is 2.17. The molecule has 19 heavy (non-hydrogen) atoms. The molecule has 0 radical (unpaired) electrons. The van der Waals surface area contributed by atoms with Crippen molar-refractivity contribution >= 4 is 17.5 Å². The summed E-state index contributed by atoms with van der Waals surface area (Å²) in [5.41, 5.74) is 0.411. The van der Waals surface area contributed by atoms with Gasteiger partial charge < -0.3 is 15.2 Å². The molecule has 0 aromatic heterocycles. The van der Waals surface area contributed by atoms with Crippen molar-refractivity contribution in [3.05, 3.63) is 28.8 Å². The molecule has 1 unspecified atom stereocenters. The largest absolute Gasteiger partial charge is 0.496 e. The van der Waals surface area contributed by atoms with Gasteiger partial charge in [-0.3, -0.25) is 4.79 Å². The van der Waals surface area contributed by atoms with E-state index in [1.54, 1.807) is 18.2 Å². The predicted octanol–water partition coefficient (Wildman–Crippen LogP) is 2.49. The van der Waals surface area contributed by atoms with Crippen molar-refractivity contribution in [2.45, 2.75) is 26.3 Å². The summed E-state index contributed by atoms with van der Waals surface area (Å²) in [6.07, 6.45) is 0.720. The second kappa shape index (κ2) is 7.36. The fourth-order valence-electron chi connectivity index (χ4n) is 1.86. The van der Waals surface area contributed by atoms with Gasteiger partial charge in [-0.05, 0) is 30.5 Å². The molecule has 0 aliphatic rings. The predicted molar refractivity (Wildman–Crippen MR) is 75.8 cm³/mol. The summed E-state index contributed by atoms with van der Waals surface area (Å²) < 4.78 is 5.14. The van der Waals surface area contributed by atoms with Gasteiger partial charge in [-0.25, -0.2) is 0 Å². The summed E-state index contributed by atoms with van der Waals surface area (Å²) in [5, 5.41) is 12.6. The van der Waals surface area contributed by atoms with Gasteiger partial charge in [0.05, 0.1) is 25.3 Å². The number of rotatable bonds is 6. The van der Waals surface area contributed by atoms with Crippen LogP contribution in [-0.2, 0) is 0 Å². The summed E-state index contributed by atoms with van der Waals surface area (Å²) in [6, 6.07) is 4.58. The normalized spacial score (nSPS) is 12.3. The fourth-order valence-corrected chi connectivity index (χ4v) is 2.03. The smallest absolute Gasteiger partial charge is 0.255 e. The molecule has 0 heterocycles. The van der Waals surface area contributed by atoms with E-state index in [4.69, 9.17) is 16.3 Å². The lowest BCUT2D eigenvalue weighted by Gasteiger charge is -2.19. The zero-order valence-corrected chi connectivity index (χ0v) is 12.2. The van der Waals surface area contributed by atoms with Crippen molar-refractivity contribution in [2.24, 2.45) is 5.92 Å². The second-order valence-corrected chi connectivity index (χ2v) is 5.26. The van der Waals surface area contributed by atoms with Crippen LogP contribution in [0.1, 0.15) is 30.6 Å². The first-order chi connectivity index (χ1) is 8.97. The van der Waals surface area contributed by atoms with Crippen molar-refractivity contribution in [1.82, 2.24) is 5.32 Å². The molecule has 1 aromatic carbocycles. The number of hydrogen-bond acceptors (Lipinski definition) is 3. The number of nitrogens with one attached hydrogen (secondary N) is 1. The maximum absolute atomic E-state index is 12.1. The molecule has 0 spiro atoms. The highest BCUT2D eigenvalue weighted by atomic mass is 35.5. The summed E-state index contributed by atoms with van der Waals surface area (Å²) in [7, 11) is 1.49. The maximum Gasteiger partial charge on any atom is 0.255 e. The molecule has 1 aromatic rings. The van der Waals surface area contributed by atoms with Crippen molar-refractivity contribution in [1.29, 1.82) is 0 Å². The molecule has 2 N–H and O–H groups in total. The van der Waals surface area contributed by atoms with Gasteiger partial charge in [-0.2, -0.15) is 0 Å². The molecule has 4 nitrogen and oxygen atoms in total. The SMILES string of the molecule is COc1cc(Cl)ccc1C(=O)NC(CO)CC(C)C. The average molecular weight is 286 g/mol. The Bertz CT molecular complexity index is 435. The lowest BCUT2D eigenvalue weighted by molar-refractivity contribution is 0.0905. The highest BCUT2D eigenvalue weighted by Crippen LogP contribution is 2.23. The van der Waals surface area contributed by atoms with Crippen LogP contribution in [0.15, 0.2) is 18.2 Å². The van der Waals surface area contributed by atoms with Gasteiger partial charge in [0.25, 0.3) is 5.91 Å². The van der Waals surface area contributed by atoms with E-state index in [1.807, 2.05) is 13.8 Å². The van der Waals surface area contributed by atoms with Crippen LogP contribution in [-0.4, -0.2) is 30.8 Å². The van der Waals surface area contributed by atoms with E-state index in [-0.39, 0.29) is 18.6 Å². The summed E-state index contributed by atoms with van der Waals surface area (Å²) in [6.45, 7) is 4.00. The van der Waals surface area contributed by atoms with Crippen LogP contribution in [0.25, 0.3) is 0 Å². The van der Waals surface area contributed by atoms with Crippen LogP contribution >= 0.6 is 11.6 Å². The zero-order chi connectivity index (χ0) is 14.4. The number of ether oxygens (including phenoxy) is 1. The fraction of sp³-hybridized carbons (Fsp3) is 0.500. The Morgan fingerprint density at radius 2 is 2.16 bits per heavy atom. The number of carbonyl (C=O) groups excluding carboxylic acids is 1. The minimum atomic E-state index is -0.270. The maximum atomic E-state index is 12.1. The van der Waals surface area contributed by atoms with E-state index in [2.05, 4.69) is 5.32 Å². The first kappa shape index (κ1) is 15.8. The molecule has 1 amide bonds. The van der Waals surface area contributed by atoms with Gasteiger partial charge in [0.1, 0.15) is 5.75 Å². The van der Waals surface area contributed by atoms with Crippen LogP contribution in [0.5, 0.6) is 5.75 Å². The second-order valence-electron chi connectivity index (χ2n) is 4.83. The molecule has 0 fully saturated rings. The Morgan fingerprint density at radius 3 is 2.68 bits per heavy atom. The van der Waals surface area contributed by atoms with E-state index in [0.29, 0.717) is 22.3 Å². The first-order valence-electron chi connectivity index (χ1n) is 6.23. The molecule has 5 heteroatoms. The van der Waals surface area contributed by atoms with Gasteiger partial charge in [0.15, 0.2) is 0 Å². The number of hydrogen-bond donors (Lipinski definition) is 2.